The average Bonchev–Trinajstić information content (AvgIpc) is 2.58. The first-order chi connectivity index (χ1) is 10.8. The van der Waals surface area contributed by atoms with Crippen LogP contribution in [0.4, 0.5) is 0 Å². The van der Waals surface area contributed by atoms with Crippen molar-refractivity contribution in [1.82, 2.24) is 9.80 Å². The van der Waals surface area contributed by atoms with Gasteiger partial charge >= 0.3 is 0 Å². The number of benzene rings is 1. The molecule has 0 spiro atoms. The normalized spacial score (nSPS) is 23.4. The fourth-order valence-electron chi connectivity index (χ4n) is 4.13. The Kier molecular flexibility index (Phi) is 5.37. The molecule has 3 rings (SSSR count). The maximum absolute atomic E-state index is 5.33. The summed E-state index contributed by atoms with van der Waals surface area (Å²) >= 11 is 0. The van der Waals surface area contributed by atoms with E-state index >= 15 is 0 Å². The minimum Gasteiger partial charge on any atom is -0.497 e. The fourth-order valence-corrected chi connectivity index (χ4v) is 4.13. The highest BCUT2D eigenvalue weighted by molar-refractivity contribution is 5.29. The lowest BCUT2D eigenvalue weighted by atomic mass is 9.80. The molecule has 3 heteroatoms. The van der Waals surface area contributed by atoms with Crippen LogP contribution in [0.2, 0.25) is 0 Å². The number of methoxy groups -OCH3 is 1. The smallest absolute Gasteiger partial charge is 0.118 e. The summed E-state index contributed by atoms with van der Waals surface area (Å²) in [5.74, 6) is 1.79. The van der Waals surface area contributed by atoms with Crippen LogP contribution in [0.15, 0.2) is 24.3 Å². The van der Waals surface area contributed by atoms with Crippen molar-refractivity contribution >= 4 is 0 Å². The summed E-state index contributed by atoms with van der Waals surface area (Å²) in [7, 11) is 3.98. The zero-order valence-electron chi connectivity index (χ0n) is 14.1. The second kappa shape index (κ2) is 7.47. The molecule has 1 saturated carbocycles. The Morgan fingerprint density at radius 1 is 0.955 bits per heavy atom. The topological polar surface area (TPSA) is 15.7 Å². The molecule has 1 heterocycles. The maximum Gasteiger partial charge on any atom is 0.118 e. The van der Waals surface area contributed by atoms with Gasteiger partial charge in [-0.2, -0.15) is 0 Å². The molecule has 1 saturated heterocycles. The first kappa shape index (κ1) is 15.8. The second-order valence-corrected chi connectivity index (χ2v) is 6.96. The highest BCUT2D eigenvalue weighted by atomic mass is 16.5. The van der Waals surface area contributed by atoms with Gasteiger partial charge in [-0.25, -0.2) is 0 Å². The molecule has 0 bridgehead atoms. The molecule has 1 aromatic carbocycles. The minimum absolute atomic E-state index is 0.597. The van der Waals surface area contributed by atoms with Crippen LogP contribution in [-0.4, -0.2) is 50.1 Å². The van der Waals surface area contributed by atoms with E-state index in [2.05, 4.69) is 41.1 Å². The van der Waals surface area contributed by atoms with Gasteiger partial charge in [0.15, 0.2) is 0 Å². The summed E-state index contributed by atoms with van der Waals surface area (Å²) in [6, 6.07) is 9.43. The Labute approximate surface area is 135 Å². The van der Waals surface area contributed by atoms with E-state index in [0.717, 1.165) is 11.7 Å². The van der Waals surface area contributed by atoms with E-state index in [9.17, 15) is 0 Å². The monoisotopic (exact) mass is 302 g/mol. The van der Waals surface area contributed by atoms with Crippen LogP contribution < -0.4 is 4.74 Å². The molecular weight excluding hydrogens is 272 g/mol. The molecule has 0 amide bonds. The lowest BCUT2D eigenvalue weighted by molar-refractivity contribution is 0.0670. The second-order valence-electron chi connectivity index (χ2n) is 6.96. The molecule has 1 aliphatic carbocycles. The van der Waals surface area contributed by atoms with Crippen LogP contribution in [-0.2, 0) is 0 Å². The van der Waals surface area contributed by atoms with Crippen molar-refractivity contribution in [1.29, 1.82) is 0 Å². The molecule has 1 aromatic rings. The van der Waals surface area contributed by atoms with Crippen molar-refractivity contribution in [2.75, 3.05) is 40.3 Å². The van der Waals surface area contributed by atoms with Gasteiger partial charge in [0.05, 0.1) is 7.11 Å². The third-order valence-corrected chi connectivity index (χ3v) is 5.48. The number of likely N-dealkylation sites (N-methyl/N-ethyl adjacent to an activating group) is 1. The van der Waals surface area contributed by atoms with Crippen LogP contribution in [0.3, 0.4) is 0 Å². The van der Waals surface area contributed by atoms with E-state index in [0.29, 0.717) is 6.04 Å². The van der Waals surface area contributed by atoms with Gasteiger partial charge < -0.3 is 9.64 Å². The molecule has 0 N–H and O–H groups in total. The van der Waals surface area contributed by atoms with Gasteiger partial charge in [0, 0.05) is 32.2 Å². The number of rotatable bonds is 4. The molecule has 0 radical (unpaired) electrons. The predicted molar refractivity (Wildman–Crippen MR) is 91.4 cm³/mol. The molecule has 2 fully saturated rings. The number of nitrogens with zero attached hydrogens (tertiary/aromatic N) is 2. The number of piperazine rings is 1. The van der Waals surface area contributed by atoms with Crippen molar-refractivity contribution < 1.29 is 4.74 Å². The van der Waals surface area contributed by atoms with Crippen LogP contribution in [0.25, 0.3) is 0 Å². The molecule has 2 aliphatic rings. The lowest BCUT2D eigenvalue weighted by Gasteiger charge is -2.43. The summed E-state index contributed by atoms with van der Waals surface area (Å²) in [5.41, 5.74) is 1.48. The average molecular weight is 302 g/mol. The van der Waals surface area contributed by atoms with Gasteiger partial charge in [-0.1, -0.05) is 31.4 Å². The molecule has 1 aliphatic heterocycles. The van der Waals surface area contributed by atoms with Gasteiger partial charge in [0.25, 0.3) is 0 Å². The van der Waals surface area contributed by atoms with Crippen LogP contribution in [0.5, 0.6) is 5.75 Å². The number of ether oxygens (including phenoxy) is 1. The quantitative estimate of drug-likeness (QED) is 0.846. The molecular formula is C19H30N2O. The number of hydrogen-bond donors (Lipinski definition) is 0. The summed E-state index contributed by atoms with van der Waals surface area (Å²) < 4.78 is 5.33. The van der Waals surface area contributed by atoms with E-state index in [-0.39, 0.29) is 0 Å². The van der Waals surface area contributed by atoms with Gasteiger partial charge in [-0.15, -0.1) is 0 Å². The van der Waals surface area contributed by atoms with E-state index in [1.165, 1.54) is 63.8 Å². The summed E-state index contributed by atoms with van der Waals surface area (Å²) in [6.45, 7) is 4.78. The van der Waals surface area contributed by atoms with E-state index in [1.54, 1.807) is 7.11 Å². The minimum atomic E-state index is 0.597. The molecule has 1 unspecified atom stereocenters. The van der Waals surface area contributed by atoms with Crippen LogP contribution in [0, 0.1) is 5.92 Å². The zero-order valence-corrected chi connectivity index (χ0v) is 14.1. The largest absolute Gasteiger partial charge is 0.497 e. The molecule has 122 valence electrons. The van der Waals surface area contributed by atoms with Crippen molar-refractivity contribution in [3.8, 4) is 5.75 Å². The molecule has 1 atom stereocenters. The van der Waals surface area contributed by atoms with Crippen molar-refractivity contribution in [3.63, 3.8) is 0 Å². The number of hydrogen-bond acceptors (Lipinski definition) is 3. The first-order valence-corrected chi connectivity index (χ1v) is 8.84. The van der Waals surface area contributed by atoms with Crippen LogP contribution in [0.1, 0.15) is 43.7 Å². The molecule has 0 aromatic heterocycles. The Bertz CT molecular complexity index is 445. The maximum atomic E-state index is 5.33. The van der Waals surface area contributed by atoms with E-state index in [4.69, 9.17) is 4.74 Å². The summed E-state index contributed by atoms with van der Waals surface area (Å²) in [4.78, 5) is 5.18. The van der Waals surface area contributed by atoms with Gasteiger partial charge in [0.2, 0.25) is 0 Å². The fraction of sp³-hybridized carbons (Fsp3) is 0.684. The van der Waals surface area contributed by atoms with Crippen LogP contribution >= 0.6 is 0 Å². The van der Waals surface area contributed by atoms with Gasteiger partial charge in [-0.3, -0.25) is 4.90 Å². The third kappa shape index (κ3) is 3.64. The van der Waals surface area contributed by atoms with Gasteiger partial charge in [-0.05, 0) is 43.5 Å². The molecule has 3 nitrogen and oxygen atoms in total. The highest BCUT2D eigenvalue weighted by Crippen LogP contribution is 2.39. The summed E-state index contributed by atoms with van der Waals surface area (Å²) in [6.07, 6.45) is 7.02. The predicted octanol–water partition coefficient (Wildman–Crippen LogP) is 3.56. The Morgan fingerprint density at radius 3 is 2.18 bits per heavy atom. The van der Waals surface area contributed by atoms with E-state index in [1.807, 2.05) is 0 Å². The molecule has 22 heavy (non-hydrogen) atoms. The highest BCUT2D eigenvalue weighted by Gasteiger charge is 2.31. The Morgan fingerprint density at radius 2 is 1.59 bits per heavy atom. The SMILES string of the molecule is COc1ccc(C(C2CCCCC2)N2CCN(C)CC2)cc1. The lowest BCUT2D eigenvalue weighted by Crippen LogP contribution is -2.47. The van der Waals surface area contributed by atoms with Crippen molar-refractivity contribution in [2.45, 2.75) is 38.1 Å². The van der Waals surface area contributed by atoms with Crippen molar-refractivity contribution in [3.05, 3.63) is 29.8 Å². The third-order valence-electron chi connectivity index (χ3n) is 5.48. The Hall–Kier alpha value is -1.06. The first-order valence-electron chi connectivity index (χ1n) is 8.84. The standard InChI is InChI=1S/C19H30N2O/c1-20-12-14-21(15-13-20)19(16-6-4-3-5-7-16)17-8-10-18(22-2)11-9-17/h8-11,16,19H,3-7,12-15H2,1-2H3. The summed E-state index contributed by atoms with van der Waals surface area (Å²) in [5, 5.41) is 0. The zero-order chi connectivity index (χ0) is 15.4. The van der Waals surface area contributed by atoms with Crippen molar-refractivity contribution in [2.24, 2.45) is 5.92 Å². The van der Waals surface area contributed by atoms with Gasteiger partial charge in [0.1, 0.15) is 5.75 Å². The van der Waals surface area contributed by atoms with E-state index < -0.39 is 0 Å². The Balaban J connectivity index is 1.80.